The van der Waals surface area contributed by atoms with Crippen molar-refractivity contribution in [3.05, 3.63) is 70.5 Å². The highest BCUT2D eigenvalue weighted by molar-refractivity contribution is 6.05. The van der Waals surface area contributed by atoms with Gasteiger partial charge in [-0.3, -0.25) is 24.5 Å². The first-order valence-electron chi connectivity index (χ1n) is 11.8. The molecule has 1 fully saturated rings. The van der Waals surface area contributed by atoms with Crippen LogP contribution in [0, 0.1) is 0 Å². The highest BCUT2D eigenvalue weighted by Gasteiger charge is 2.39. The minimum absolute atomic E-state index is 0.159. The van der Waals surface area contributed by atoms with E-state index < -0.39 is 11.9 Å². The summed E-state index contributed by atoms with van der Waals surface area (Å²) in [6, 6.07) is 10.7. The third-order valence-corrected chi connectivity index (χ3v) is 6.84. The van der Waals surface area contributed by atoms with Gasteiger partial charge in [-0.1, -0.05) is 23.4 Å². The van der Waals surface area contributed by atoms with Crippen molar-refractivity contribution in [3.63, 3.8) is 0 Å². The maximum absolute atomic E-state index is 13.1. The molecule has 1 aromatic heterocycles. The largest absolute Gasteiger partial charge is 0.384 e. The van der Waals surface area contributed by atoms with E-state index in [4.69, 9.17) is 0 Å². The Morgan fingerprint density at radius 1 is 1.08 bits per heavy atom. The number of carbonyl (C=O) groups is 4. The number of hydrogen-bond acceptors (Lipinski definition) is 7. The second-order valence-electron chi connectivity index (χ2n) is 9.14. The number of carbonyl (C=O) groups excluding carboxylic acids is 4. The lowest BCUT2D eigenvalue weighted by molar-refractivity contribution is -0.136. The average molecular weight is 486 g/mol. The van der Waals surface area contributed by atoms with E-state index in [1.54, 1.807) is 18.2 Å². The van der Waals surface area contributed by atoms with Gasteiger partial charge in [-0.05, 0) is 47.7 Å². The number of hydrogen-bond donors (Lipinski definition) is 3. The van der Waals surface area contributed by atoms with E-state index in [0.29, 0.717) is 30.8 Å². The number of benzene rings is 2. The van der Waals surface area contributed by atoms with Crippen LogP contribution in [-0.4, -0.2) is 56.1 Å². The Labute approximate surface area is 205 Å². The third kappa shape index (κ3) is 3.88. The lowest BCUT2D eigenvalue weighted by Gasteiger charge is -2.29. The van der Waals surface area contributed by atoms with Crippen molar-refractivity contribution >= 4 is 29.3 Å². The monoisotopic (exact) mass is 485 g/mol. The summed E-state index contributed by atoms with van der Waals surface area (Å²) in [5.41, 5.74) is 5.35. The summed E-state index contributed by atoms with van der Waals surface area (Å²) < 4.78 is 1.44. The molecule has 0 aliphatic carbocycles. The maximum atomic E-state index is 13.1. The molecule has 11 heteroatoms. The fourth-order valence-electron chi connectivity index (χ4n) is 4.90. The van der Waals surface area contributed by atoms with Crippen LogP contribution in [0.15, 0.2) is 42.6 Å². The molecule has 182 valence electrons. The molecule has 2 aromatic carbocycles. The minimum Gasteiger partial charge on any atom is -0.384 e. The lowest BCUT2D eigenvalue weighted by Crippen LogP contribution is -2.52. The van der Waals surface area contributed by atoms with E-state index in [1.165, 1.54) is 21.3 Å². The zero-order valence-electron chi connectivity index (χ0n) is 19.3. The Hall–Kier alpha value is -4.54. The third-order valence-electron chi connectivity index (χ3n) is 6.84. The Kier molecular flexibility index (Phi) is 5.24. The first-order valence-corrected chi connectivity index (χ1v) is 11.8. The van der Waals surface area contributed by atoms with Crippen LogP contribution in [0.4, 0.5) is 5.69 Å². The van der Waals surface area contributed by atoms with Crippen molar-refractivity contribution in [1.82, 2.24) is 30.5 Å². The van der Waals surface area contributed by atoms with E-state index in [1.807, 2.05) is 12.1 Å². The lowest BCUT2D eigenvalue weighted by atomic mass is 10.0. The van der Waals surface area contributed by atoms with Gasteiger partial charge in [-0.15, -0.1) is 5.10 Å². The number of rotatable bonds is 5. The molecule has 0 bridgehead atoms. The summed E-state index contributed by atoms with van der Waals surface area (Å²) in [5.74, 6) is -1.40. The standard InChI is InChI=1S/C25H23N7O4/c33-22-6-5-21(24(35)28-22)31-12-16-3-4-17(10-18(16)25(31)36)32-13-20(29-30-32)23(34)27-11-14-1-2-15-7-8-26-19(15)9-14/h1-4,9-10,13,21,26H,5-8,11-12H2,(H,27,34)(H,28,33,35). The van der Waals surface area contributed by atoms with Gasteiger partial charge in [0.2, 0.25) is 11.8 Å². The van der Waals surface area contributed by atoms with Crippen LogP contribution in [-0.2, 0) is 29.1 Å². The Balaban J connectivity index is 1.14. The van der Waals surface area contributed by atoms with E-state index in [2.05, 4.69) is 32.3 Å². The van der Waals surface area contributed by atoms with Crippen molar-refractivity contribution in [1.29, 1.82) is 0 Å². The molecule has 36 heavy (non-hydrogen) atoms. The van der Waals surface area contributed by atoms with Crippen molar-refractivity contribution < 1.29 is 19.2 Å². The predicted octanol–water partition coefficient (Wildman–Crippen LogP) is 0.926. The Bertz CT molecular complexity index is 1430. The zero-order valence-corrected chi connectivity index (χ0v) is 19.3. The van der Waals surface area contributed by atoms with Crippen molar-refractivity contribution in [2.45, 2.75) is 38.4 Å². The van der Waals surface area contributed by atoms with E-state index in [-0.39, 0.29) is 29.8 Å². The predicted molar refractivity (Wildman–Crippen MR) is 127 cm³/mol. The highest BCUT2D eigenvalue weighted by atomic mass is 16.2. The highest BCUT2D eigenvalue weighted by Crippen LogP contribution is 2.29. The molecule has 6 rings (SSSR count). The van der Waals surface area contributed by atoms with E-state index in [0.717, 1.165) is 29.8 Å². The van der Waals surface area contributed by atoms with Gasteiger partial charge < -0.3 is 15.5 Å². The summed E-state index contributed by atoms with van der Waals surface area (Å²) in [6.07, 6.45) is 3.03. The van der Waals surface area contributed by atoms with Crippen LogP contribution in [0.2, 0.25) is 0 Å². The van der Waals surface area contributed by atoms with Gasteiger partial charge in [0, 0.05) is 37.3 Å². The molecule has 1 unspecified atom stereocenters. The molecule has 4 heterocycles. The molecule has 1 atom stereocenters. The zero-order chi connectivity index (χ0) is 24.8. The van der Waals surface area contributed by atoms with Gasteiger partial charge in [0.1, 0.15) is 6.04 Å². The molecule has 0 saturated carbocycles. The van der Waals surface area contributed by atoms with Gasteiger partial charge in [-0.25, -0.2) is 4.68 Å². The number of imide groups is 1. The molecular formula is C25H23N7O4. The summed E-state index contributed by atoms with van der Waals surface area (Å²) in [6.45, 7) is 1.59. The van der Waals surface area contributed by atoms with E-state index in [9.17, 15) is 19.2 Å². The van der Waals surface area contributed by atoms with Crippen LogP contribution in [0.1, 0.15) is 50.4 Å². The maximum Gasteiger partial charge on any atom is 0.273 e. The molecule has 3 N–H and O–H groups in total. The van der Waals surface area contributed by atoms with Crippen LogP contribution < -0.4 is 16.0 Å². The normalized spacial score (nSPS) is 18.5. The average Bonchev–Trinajstić information content (AvgIpc) is 3.61. The van der Waals surface area contributed by atoms with Gasteiger partial charge >= 0.3 is 0 Å². The molecule has 1 saturated heterocycles. The van der Waals surface area contributed by atoms with E-state index >= 15 is 0 Å². The summed E-state index contributed by atoms with van der Waals surface area (Å²) >= 11 is 0. The molecule has 4 amide bonds. The van der Waals surface area contributed by atoms with Crippen LogP contribution in [0.5, 0.6) is 0 Å². The van der Waals surface area contributed by atoms with Gasteiger partial charge in [-0.2, -0.15) is 0 Å². The Morgan fingerprint density at radius 3 is 2.81 bits per heavy atom. The number of nitrogens with zero attached hydrogens (tertiary/aromatic N) is 4. The van der Waals surface area contributed by atoms with Crippen LogP contribution >= 0.6 is 0 Å². The second kappa shape index (κ2) is 8.59. The summed E-state index contributed by atoms with van der Waals surface area (Å²) in [5, 5.41) is 16.5. The number of nitrogens with one attached hydrogen (secondary N) is 3. The quantitative estimate of drug-likeness (QED) is 0.457. The molecular weight excluding hydrogens is 462 g/mol. The van der Waals surface area contributed by atoms with Crippen molar-refractivity contribution in [3.8, 4) is 5.69 Å². The summed E-state index contributed by atoms with van der Waals surface area (Å²) in [7, 11) is 0. The fourth-order valence-corrected chi connectivity index (χ4v) is 4.90. The molecule has 3 aromatic rings. The van der Waals surface area contributed by atoms with Gasteiger partial charge in [0.25, 0.3) is 11.8 Å². The SMILES string of the molecule is O=C1CCC(N2Cc3ccc(-n4cc(C(=O)NCc5ccc6c(c5)NCC6)nn4)cc3C2=O)C(=O)N1. The minimum atomic E-state index is -0.672. The molecule has 0 radical (unpaired) electrons. The number of aromatic nitrogens is 3. The number of anilines is 1. The molecule has 0 spiro atoms. The van der Waals surface area contributed by atoms with Gasteiger partial charge in [0.15, 0.2) is 5.69 Å². The van der Waals surface area contributed by atoms with Crippen LogP contribution in [0.3, 0.4) is 0 Å². The Morgan fingerprint density at radius 2 is 1.94 bits per heavy atom. The number of fused-ring (bicyclic) bond motifs is 2. The first-order chi connectivity index (χ1) is 17.5. The second-order valence-corrected chi connectivity index (χ2v) is 9.14. The topological polar surface area (TPSA) is 138 Å². The first kappa shape index (κ1) is 22.0. The van der Waals surface area contributed by atoms with Gasteiger partial charge in [0.05, 0.1) is 11.9 Å². The number of amides is 4. The molecule has 3 aliphatic rings. The molecule has 11 nitrogen and oxygen atoms in total. The number of piperidine rings is 1. The fraction of sp³-hybridized carbons (Fsp3) is 0.280. The molecule has 3 aliphatic heterocycles. The van der Waals surface area contributed by atoms with Crippen molar-refractivity contribution in [2.24, 2.45) is 0 Å². The summed E-state index contributed by atoms with van der Waals surface area (Å²) in [4.78, 5) is 50.9. The van der Waals surface area contributed by atoms with Crippen LogP contribution in [0.25, 0.3) is 5.69 Å². The smallest absolute Gasteiger partial charge is 0.273 e. The van der Waals surface area contributed by atoms with Crippen molar-refractivity contribution in [2.75, 3.05) is 11.9 Å².